The van der Waals surface area contributed by atoms with Crippen LogP contribution in [0.5, 0.6) is 0 Å². The molecule has 1 aliphatic rings. The van der Waals surface area contributed by atoms with Crippen molar-refractivity contribution < 1.29 is 18.0 Å². The number of allylic oxidation sites excluding steroid dienone is 2. The smallest absolute Gasteiger partial charge is 0.309 e. The average molecular weight is 299 g/mol. The molecule has 0 bridgehead atoms. The molecule has 21 heavy (non-hydrogen) atoms. The first-order chi connectivity index (χ1) is 9.53. The molecule has 0 N–H and O–H groups in total. The number of carbonyl (C=O) groups excluding carboxylic acids is 1. The van der Waals surface area contributed by atoms with Gasteiger partial charge in [0.25, 0.3) is 5.78 Å². The lowest BCUT2D eigenvalue weighted by Gasteiger charge is -2.26. The minimum Gasteiger partial charge on any atom is -0.309 e. The largest absolute Gasteiger partial charge is 0.455 e. The number of rotatable bonds is 2. The quantitative estimate of drug-likeness (QED) is 0.786. The van der Waals surface area contributed by atoms with Gasteiger partial charge in [-0.05, 0) is 6.92 Å². The van der Waals surface area contributed by atoms with E-state index in [1.165, 1.54) is 23.6 Å². The third kappa shape index (κ3) is 2.86. The van der Waals surface area contributed by atoms with Crippen LogP contribution >= 0.6 is 0 Å². The summed E-state index contributed by atoms with van der Waals surface area (Å²) in [6.07, 6.45) is 2.05. The fourth-order valence-electron chi connectivity index (χ4n) is 2.14. The van der Waals surface area contributed by atoms with Crippen LogP contribution in [0, 0.1) is 12.3 Å². The van der Waals surface area contributed by atoms with Gasteiger partial charge in [-0.2, -0.15) is 18.3 Å². The highest BCUT2D eigenvalue weighted by Gasteiger charge is 2.43. The first kappa shape index (κ1) is 15.3. The van der Waals surface area contributed by atoms with Gasteiger partial charge in [-0.1, -0.05) is 26.0 Å². The zero-order valence-electron chi connectivity index (χ0n) is 12.2. The van der Waals surface area contributed by atoms with E-state index in [9.17, 15) is 18.0 Å². The van der Waals surface area contributed by atoms with Crippen molar-refractivity contribution in [2.45, 2.75) is 26.9 Å². The number of hydrogen-bond acceptors (Lipinski definition) is 3. The monoisotopic (exact) mass is 299 g/mol. The summed E-state index contributed by atoms with van der Waals surface area (Å²) >= 11 is 0. The van der Waals surface area contributed by atoms with Gasteiger partial charge >= 0.3 is 6.18 Å². The number of Topliss-reactive ketones (excluding diaryl/α,β-unsaturated/α-hetero) is 1. The van der Waals surface area contributed by atoms with Crippen molar-refractivity contribution in [1.29, 1.82) is 0 Å². The minimum absolute atomic E-state index is 0.0569. The highest BCUT2D eigenvalue weighted by molar-refractivity contribution is 6.05. The van der Waals surface area contributed by atoms with E-state index in [4.69, 9.17) is 0 Å². The third-order valence-corrected chi connectivity index (χ3v) is 3.25. The van der Waals surface area contributed by atoms with Crippen LogP contribution in [0.1, 0.15) is 29.9 Å². The van der Waals surface area contributed by atoms with Crippen LogP contribution in [0.4, 0.5) is 19.0 Å². The summed E-state index contributed by atoms with van der Waals surface area (Å²) in [4.78, 5) is 13.1. The Bertz CT molecular complexity index is 623. The Kier molecular flexibility index (Phi) is 3.47. The Morgan fingerprint density at radius 3 is 2.24 bits per heavy atom. The topological polar surface area (TPSA) is 38.1 Å². The Balaban J connectivity index is 2.51. The van der Waals surface area contributed by atoms with Crippen molar-refractivity contribution in [3.8, 4) is 0 Å². The summed E-state index contributed by atoms with van der Waals surface area (Å²) in [5.74, 6) is -1.77. The second-order valence-electron chi connectivity index (χ2n) is 5.59. The molecular formula is C14H16F3N3O. The molecule has 0 aromatic carbocycles. The van der Waals surface area contributed by atoms with E-state index in [-0.39, 0.29) is 16.9 Å². The molecule has 0 saturated carbocycles. The van der Waals surface area contributed by atoms with E-state index in [1.807, 2.05) is 26.0 Å². The predicted octanol–water partition coefficient (Wildman–Crippen LogP) is 3.35. The molecule has 7 heteroatoms. The molecule has 0 saturated heterocycles. The molecule has 1 aliphatic heterocycles. The predicted molar refractivity (Wildman–Crippen MR) is 72.9 cm³/mol. The summed E-state index contributed by atoms with van der Waals surface area (Å²) in [6.45, 7) is 5.32. The SMILES string of the molecule is Cc1nn(C)c(N2C=CC(C)(C)C=C2)c1C(=O)C(F)(F)F. The molecule has 114 valence electrons. The number of aromatic nitrogens is 2. The Morgan fingerprint density at radius 2 is 1.76 bits per heavy atom. The Hall–Kier alpha value is -2.05. The standard InChI is InChI=1S/C14H16F3N3O/c1-9-10(11(21)14(15,16)17)12(19(4)18-9)20-7-5-13(2,3)6-8-20/h5-8H,1-4H3. The van der Waals surface area contributed by atoms with E-state index >= 15 is 0 Å². The molecule has 0 aliphatic carbocycles. The van der Waals surface area contributed by atoms with Gasteiger partial charge in [0.15, 0.2) is 0 Å². The number of ketones is 1. The third-order valence-electron chi connectivity index (χ3n) is 3.25. The molecule has 4 nitrogen and oxygen atoms in total. The highest BCUT2D eigenvalue weighted by Crippen LogP contribution is 2.33. The molecule has 2 heterocycles. The zero-order chi connectivity index (χ0) is 16.0. The molecule has 0 atom stereocenters. The molecule has 1 aromatic rings. The molecule has 1 aromatic heterocycles. The average Bonchev–Trinajstić information content (AvgIpc) is 2.62. The highest BCUT2D eigenvalue weighted by atomic mass is 19.4. The number of aryl methyl sites for hydroxylation is 2. The van der Waals surface area contributed by atoms with E-state index < -0.39 is 17.5 Å². The van der Waals surface area contributed by atoms with Crippen molar-refractivity contribution in [2.75, 3.05) is 4.90 Å². The van der Waals surface area contributed by atoms with Gasteiger partial charge < -0.3 is 4.90 Å². The number of carbonyl (C=O) groups is 1. The van der Waals surface area contributed by atoms with E-state index in [1.54, 1.807) is 12.4 Å². The van der Waals surface area contributed by atoms with E-state index in [2.05, 4.69) is 5.10 Å². The second kappa shape index (κ2) is 4.75. The van der Waals surface area contributed by atoms with Gasteiger partial charge in [-0.15, -0.1) is 0 Å². The van der Waals surface area contributed by atoms with Gasteiger partial charge in [0, 0.05) is 24.9 Å². The fourth-order valence-corrected chi connectivity index (χ4v) is 2.14. The summed E-state index contributed by atoms with van der Waals surface area (Å²) in [6, 6.07) is 0. The van der Waals surface area contributed by atoms with Gasteiger partial charge in [0.1, 0.15) is 5.82 Å². The van der Waals surface area contributed by atoms with E-state index in [0.29, 0.717) is 0 Å². The Labute approximate surface area is 120 Å². The maximum Gasteiger partial charge on any atom is 0.455 e. The lowest BCUT2D eigenvalue weighted by Crippen LogP contribution is -2.26. The van der Waals surface area contributed by atoms with Gasteiger partial charge in [0.05, 0.1) is 11.3 Å². The summed E-state index contributed by atoms with van der Waals surface area (Å²) in [5.41, 5.74) is -0.543. The molecule has 0 fully saturated rings. The molecule has 0 radical (unpaired) electrons. The van der Waals surface area contributed by atoms with Crippen LogP contribution < -0.4 is 4.90 Å². The lowest BCUT2D eigenvalue weighted by atomic mass is 9.92. The molecular weight excluding hydrogens is 283 g/mol. The van der Waals surface area contributed by atoms with Crippen LogP contribution in [0.15, 0.2) is 24.6 Å². The number of nitrogens with zero attached hydrogens (tertiary/aromatic N) is 3. The van der Waals surface area contributed by atoms with Crippen molar-refractivity contribution >= 4 is 11.6 Å². The maximum atomic E-state index is 12.8. The van der Waals surface area contributed by atoms with Gasteiger partial charge in [-0.3, -0.25) is 9.48 Å². The number of anilines is 1. The molecule has 2 rings (SSSR count). The normalized spacial score (nSPS) is 17.4. The number of alkyl halides is 3. The maximum absolute atomic E-state index is 12.8. The van der Waals surface area contributed by atoms with Crippen molar-refractivity contribution in [3.05, 3.63) is 35.8 Å². The second-order valence-corrected chi connectivity index (χ2v) is 5.59. The van der Waals surface area contributed by atoms with Crippen LogP contribution in [0.25, 0.3) is 0 Å². The fraction of sp³-hybridized carbons (Fsp3) is 0.429. The number of halogens is 3. The van der Waals surface area contributed by atoms with Gasteiger partial charge in [-0.25, -0.2) is 0 Å². The van der Waals surface area contributed by atoms with Crippen LogP contribution in [0.2, 0.25) is 0 Å². The van der Waals surface area contributed by atoms with Crippen LogP contribution in [-0.4, -0.2) is 21.7 Å². The first-order valence-electron chi connectivity index (χ1n) is 6.35. The summed E-state index contributed by atoms with van der Waals surface area (Å²) in [7, 11) is 1.51. The Morgan fingerprint density at radius 1 is 1.24 bits per heavy atom. The number of hydrogen-bond donors (Lipinski definition) is 0. The lowest BCUT2D eigenvalue weighted by molar-refractivity contribution is -0.0885. The van der Waals surface area contributed by atoms with Gasteiger partial charge in [0.2, 0.25) is 0 Å². The summed E-state index contributed by atoms with van der Waals surface area (Å²) < 4.78 is 39.5. The molecule has 0 spiro atoms. The van der Waals surface area contributed by atoms with Crippen molar-refractivity contribution in [3.63, 3.8) is 0 Å². The summed E-state index contributed by atoms with van der Waals surface area (Å²) in [5, 5.41) is 3.94. The zero-order valence-corrected chi connectivity index (χ0v) is 12.2. The van der Waals surface area contributed by atoms with Crippen LogP contribution in [0.3, 0.4) is 0 Å². The van der Waals surface area contributed by atoms with E-state index in [0.717, 1.165) is 0 Å². The van der Waals surface area contributed by atoms with Crippen LogP contribution in [-0.2, 0) is 7.05 Å². The molecule has 0 amide bonds. The minimum atomic E-state index is -4.93. The first-order valence-corrected chi connectivity index (χ1v) is 6.35. The van der Waals surface area contributed by atoms with Crippen molar-refractivity contribution in [1.82, 2.24) is 9.78 Å². The van der Waals surface area contributed by atoms with Crippen molar-refractivity contribution in [2.24, 2.45) is 12.5 Å². The molecule has 0 unspecified atom stereocenters.